The van der Waals surface area contributed by atoms with Crippen molar-refractivity contribution < 1.29 is 9.18 Å². The molecule has 0 aliphatic carbocycles. The van der Waals surface area contributed by atoms with Crippen LogP contribution in [-0.4, -0.2) is 19.9 Å². The van der Waals surface area contributed by atoms with E-state index in [1.165, 1.54) is 6.07 Å². The van der Waals surface area contributed by atoms with E-state index in [2.05, 4.69) is 5.92 Å². The Morgan fingerprint density at radius 3 is 2.93 bits per heavy atom. The van der Waals surface area contributed by atoms with Gasteiger partial charge in [-0.3, -0.25) is 4.79 Å². The molecule has 0 bridgehead atoms. The van der Waals surface area contributed by atoms with E-state index in [9.17, 15) is 9.18 Å². The summed E-state index contributed by atoms with van der Waals surface area (Å²) in [7, 11) is 1.71. The van der Waals surface area contributed by atoms with Crippen LogP contribution in [0, 0.1) is 18.2 Å². The molecule has 1 aromatic carbocycles. The number of hydrogen-bond donors (Lipinski definition) is 0. The van der Waals surface area contributed by atoms with Gasteiger partial charge in [0.15, 0.2) is 6.29 Å². The minimum atomic E-state index is -0.527. The molecule has 0 radical (unpaired) electrons. The molecule has 0 amide bonds. The summed E-state index contributed by atoms with van der Waals surface area (Å²) in [5.74, 6) is 1.90. The summed E-state index contributed by atoms with van der Waals surface area (Å²) in [5, 5.41) is 0. The number of carbonyl (C=O) groups is 1. The van der Waals surface area contributed by atoms with Gasteiger partial charge in [0.2, 0.25) is 0 Å². The number of hydrogen-bond acceptors (Lipinski definition) is 2. The number of halogens is 1. The molecule has 0 aliphatic heterocycles. The van der Waals surface area contributed by atoms with Crippen LogP contribution in [0.4, 0.5) is 10.1 Å². The average molecular weight is 191 g/mol. The molecule has 3 heteroatoms. The van der Waals surface area contributed by atoms with Crippen LogP contribution in [0.2, 0.25) is 0 Å². The highest BCUT2D eigenvalue weighted by Gasteiger charge is 2.09. The van der Waals surface area contributed by atoms with Crippen molar-refractivity contribution in [1.29, 1.82) is 0 Å². The van der Waals surface area contributed by atoms with Crippen LogP contribution in [0.15, 0.2) is 18.2 Å². The summed E-state index contributed by atoms with van der Waals surface area (Å²) < 4.78 is 13.1. The van der Waals surface area contributed by atoms with Crippen LogP contribution in [0.5, 0.6) is 0 Å². The van der Waals surface area contributed by atoms with Crippen molar-refractivity contribution in [3.8, 4) is 12.3 Å². The number of benzene rings is 1. The summed E-state index contributed by atoms with van der Waals surface area (Å²) >= 11 is 0. The van der Waals surface area contributed by atoms with E-state index in [0.717, 1.165) is 0 Å². The third-order valence-electron chi connectivity index (χ3n) is 1.89. The molecule has 1 aromatic rings. The molecule has 0 saturated heterocycles. The van der Waals surface area contributed by atoms with Crippen LogP contribution >= 0.6 is 0 Å². The first kappa shape index (κ1) is 10.3. The van der Waals surface area contributed by atoms with E-state index < -0.39 is 5.82 Å². The zero-order chi connectivity index (χ0) is 10.6. The van der Waals surface area contributed by atoms with Crippen LogP contribution in [0.25, 0.3) is 0 Å². The lowest BCUT2D eigenvalue weighted by Crippen LogP contribution is -2.19. The maximum absolute atomic E-state index is 13.1. The van der Waals surface area contributed by atoms with Gasteiger partial charge in [-0.15, -0.1) is 6.42 Å². The topological polar surface area (TPSA) is 20.3 Å². The monoisotopic (exact) mass is 191 g/mol. The Morgan fingerprint density at radius 1 is 1.64 bits per heavy atom. The van der Waals surface area contributed by atoms with Gasteiger partial charge in [-0.25, -0.2) is 4.39 Å². The molecule has 0 fully saturated rings. The van der Waals surface area contributed by atoms with E-state index >= 15 is 0 Å². The minimum Gasteiger partial charge on any atom is -0.363 e. The molecule has 0 unspecified atom stereocenters. The lowest BCUT2D eigenvalue weighted by molar-refractivity contribution is 0.112. The summed E-state index contributed by atoms with van der Waals surface area (Å²) in [6, 6.07) is 4.45. The number of terminal acetylenes is 1. The first-order valence-electron chi connectivity index (χ1n) is 4.09. The Labute approximate surface area is 82.3 Å². The van der Waals surface area contributed by atoms with Gasteiger partial charge >= 0.3 is 0 Å². The fraction of sp³-hybridized carbons (Fsp3) is 0.182. The summed E-state index contributed by atoms with van der Waals surface area (Å²) in [4.78, 5) is 12.3. The number of nitrogens with zero attached hydrogens (tertiary/aromatic N) is 1. The first-order chi connectivity index (χ1) is 6.70. The molecule has 0 spiro atoms. The molecule has 0 saturated carbocycles. The Kier molecular flexibility index (Phi) is 3.24. The SMILES string of the molecule is C#CCN(C)c1cccc(F)c1C=O. The number of aldehydes is 1. The number of anilines is 1. The summed E-state index contributed by atoms with van der Waals surface area (Å²) in [6.45, 7) is 0.338. The Morgan fingerprint density at radius 2 is 2.36 bits per heavy atom. The standard InChI is InChI=1S/C11H10FNO/c1-3-7-13(2)11-6-4-5-10(12)9(11)8-14/h1,4-6,8H,7H2,2H3. The highest BCUT2D eigenvalue weighted by Crippen LogP contribution is 2.19. The number of carbonyl (C=O) groups excluding carboxylic acids is 1. The predicted octanol–water partition coefficient (Wildman–Crippen LogP) is 1.71. The minimum absolute atomic E-state index is 0.0465. The predicted molar refractivity (Wildman–Crippen MR) is 53.9 cm³/mol. The normalized spacial score (nSPS) is 9.21. The summed E-state index contributed by atoms with van der Waals surface area (Å²) in [6.07, 6.45) is 5.62. The van der Waals surface area contributed by atoms with Crippen LogP contribution in [-0.2, 0) is 0 Å². The molecule has 2 nitrogen and oxygen atoms in total. The van der Waals surface area contributed by atoms with Gasteiger partial charge in [0.1, 0.15) is 5.82 Å². The second-order valence-corrected chi connectivity index (χ2v) is 2.85. The van der Waals surface area contributed by atoms with Crippen molar-refractivity contribution in [1.82, 2.24) is 0 Å². The lowest BCUT2D eigenvalue weighted by atomic mass is 10.1. The smallest absolute Gasteiger partial charge is 0.155 e. The molecule has 0 N–H and O–H groups in total. The third-order valence-corrected chi connectivity index (χ3v) is 1.89. The average Bonchev–Trinajstić information content (AvgIpc) is 2.17. The molecule has 14 heavy (non-hydrogen) atoms. The Hall–Kier alpha value is -1.82. The molecular weight excluding hydrogens is 181 g/mol. The van der Waals surface area contributed by atoms with Crippen molar-refractivity contribution >= 4 is 12.0 Å². The van der Waals surface area contributed by atoms with Crippen LogP contribution in [0.1, 0.15) is 10.4 Å². The van der Waals surface area contributed by atoms with Gasteiger partial charge in [-0.1, -0.05) is 12.0 Å². The van der Waals surface area contributed by atoms with Crippen molar-refractivity contribution in [3.05, 3.63) is 29.6 Å². The van der Waals surface area contributed by atoms with E-state index in [0.29, 0.717) is 18.5 Å². The maximum Gasteiger partial charge on any atom is 0.155 e. The molecular formula is C11H10FNO. The van der Waals surface area contributed by atoms with Crippen molar-refractivity contribution in [3.63, 3.8) is 0 Å². The molecule has 0 heterocycles. The highest BCUT2D eigenvalue weighted by molar-refractivity contribution is 5.84. The zero-order valence-corrected chi connectivity index (χ0v) is 7.83. The van der Waals surface area contributed by atoms with Gasteiger partial charge in [-0.2, -0.15) is 0 Å². The van der Waals surface area contributed by atoms with Crippen molar-refractivity contribution in [2.45, 2.75) is 0 Å². The molecule has 1 rings (SSSR count). The van der Waals surface area contributed by atoms with E-state index in [-0.39, 0.29) is 5.56 Å². The van der Waals surface area contributed by atoms with Crippen molar-refractivity contribution in [2.24, 2.45) is 0 Å². The number of rotatable bonds is 3. The Bertz CT molecular complexity index is 381. The molecule has 72 valence electrons. The lowest BCUT2D eigenvalue weighted by Gasteiger charge is -2.17. The van der Waals surface area contributed by atoms with E-state index in [4.69, 9.17) is 6.42 Å². The van der Waals surface area contributed by atoms with Crippen molar-refractivity contribution in [2.75, 3.05) is 18.5 Å². The van der Waals surface area contributed by atoms with Crippen LogP contribution < -0.4 is 4.90 Å². The van der Waals surface area contributed by atoms with Crippen LogP contribution in [0.3, 0.4) is 0 Å². The van der Waals surface area contributed by atoms with Gasteiger partial charge in [0.05, 0.1) is 17.8 Å². The Balaban J connectivity index is 3.14. The second-order valence-electron chi connectivity index (χ2n) is 2.85. The van der Waals surface area contributed by atoms with Gasteiger partial charge in [0, 0.05) is 7.05 Å². The zero-order valence-electron chi connectivity index (χ0n) is 7.83. The fourth-order valence-corrected chi connectivity index (χ4v) is 1.20. The first-order valence-corrected chi connectivity index (χ1v) is 4.09. The second kappa shape index (κ2) is 4.43. The fourth-order valence-electron chi connectivity index (χ4n) is 1.20. The molecule has 0 aliphatic rings. The van der Waals surface area contributed by atoms with Gasteiger partial charge in [0.25, 0.3) is 0 Å². The largest absolute Gasteiger partial charge is 0.363 e. The third kappa shape index (κ3) is 1.91. The van der Waals surface area contributed by atoms with Gasteiger partial charge in [-0.05, 0) is 12.1 Å². The van der Waals surface area contributed by atoms with E-state index in [1.54, 1.807) is 24.1 Å². The maximum atomic E-state index is 13.1. The van der Waals surface area contributed by atoms with Gasteiger partial charge < -0.3 is 4.90 Å². The molecule has 0 atom stereocenters. The quantitative estimate of drug-likeness (QED) is 0.535. The highest BCUT2D eigenvalue weighted by atomic mass is 19.1. The summed E-state index contributed by atoms with van der Waals surface area (Å²) in [5.41, 5.74) is 0.559. The molecule has 0 aromatic heterocycles. The van der Waals surface area contributed by atoms with E-state index in [1.807, 2.05) is 0 Å².